The summed E-state index contributed by atoms with van der Waals surface area (Å²) in [6.07, 6.45) is 0.761. The Hall–Kier alpha value is -1.69. The fourth-order valence-corrected chi connectivity index (χ4v) is 1.64. The van der Waals surface area contributed by atoms with Gasteiger partial charge in [-0.25, -0.2) is 8.78 Å². The number of amides is 1. The van der Waals surface area contributed by atoms with Gasteiger partial charge in [-0.2, -0.15) is 0 Å². The molecule has 3 N–H and O–H groups in total. The number of carbonyl (C=O) groups excluding carboxylic acids is 1. The Bertz CT molecular complexity index is 490. The van der Waals surface area contributed by atoms with Crippen molar-refractivity contribution in [3.05, 3.63) is 29.3 Å². The molecule has 0 aliphatic heterocycles. The van der Waals surface area contributed by atoms with Crippen LogP contribution in [0.15, 0.2) is 12.1 Å². The lowest BCUT2D eigenvalue weighted by atomic mass is 9.89. The van der Waals surface area contributed by atoms with Crippen molar-refractivity contribution in [3.63, 3.8) is 0 Å². The number of ether oxygens (including phenoxy) is 1. The van der Waals surface area contributed by atoms with E-state index < -0.39 is 17.5 Å². The third kappa shape index (κ3) is 4.45. The molecule has 4 nitrogen and oxygen atoms in total. The Morgan fingerprint density at radius 1 is 1.35 bits per heavy atom. The van der Waals surface area contributed by atoms with Crippen LogP contribution < -0.4 is 11.1 Å². The van der Waals surface area contributed by atoms with Crippen molar-refractivity contribution < 1.29 is 18.3 Å². The van der Waals surface area contributed by atoms with Gasteiger partial charge in [0.25, 0.3) is 5.91 Å². The van der Waals surface area contributed by atoms with Crippen molar-refractivity contribution in [1.82, 2.24) is 5.32 Å². The molecule has 1 amide bonds. The fraction of sp³-hybridized carbons (Fsp3) is 0.500. The van der Waals surface area contributed by atoms with Gasteiger partial charge in [0.05, 0.1) is 5.56 Å². The average molecular weight is 286 g/mol. The summed E-state index contributed by atoms with van der Waals surface area (Å²) in [5, 5.41) is 2.67. The third-order valence-corrected chi connectivity index (χ3v) is 3.05. The predicted octanol–water partition coefficient (Wildman–Crippen LogP) is 2.34. The molecule has 1 rings (SSSR count). The molecule has 0 fully saturated rings. The second-order valence-corrected chi connectivity index (χ2v) is 5.44. The Labute approximate surface area is 117 Å². The van der Waals surface area contributed by atoms with Crippen molar-refractivity contribution in [1.29, 1.82) is 0 Å². The number of rotatable bonds is 6. The standard InChI is InChI=1S/C14H20F2N2O2/c1-14(2,4-5-20-3)8-18-13(19)9-6-10(15)11(16)7-12(9)17/h6-7H,4-5,8,17H2,1-3H3,(H,18,19). The lowest BCUT2D eigenvalue weighted by molar-refractivity contribution is 0.0921. The van der Waals surface area contributed by atoms with E-state index in [9.17, 15) is 13.6 Å². The Morgan fingerprint density at radius 3 is 2.55 bits per heavy atom. The SMILES string of the molecule is COCCC(C)(C)CNC(=O)c1cc(F)c(F)cc1N. The quantitative estimate of drug-likeness (QED) is 0.789. The first-order valence-electron chi connectivity index (χ1n) is 6.28. The Balaban J connectivity index is 2.70. The first-order valence-corrected chi connectivity index (χ1v) is 6.28. The van der Waals surface area contributed by atoms with Gasteiger partial charge in [-0.05, 0) is 17.9 Å². The highest BCUT2D eigenvalue weighted by Gasteiger charge is 2.20. The summed E-state index contributed by atoms with van der Waals surface area (Å²) in [5.74, 6) is -2.69. The number of halogens is 2. The maximum Gasteiger partial charge on any atom is 0.253 e. The van der Waals surface area contributed by atoms with Crippen molar-refractivity contribution in [2.45, 2.75) is 20.3 Å². The van der Waals surface area contributed by atoms with Crippen LogP contribution in [0.1, 0.15) is 30.6 Å². The number of anilines is 1. The van der Waals surface area contributed by atoms with Crippen LogP contribution >= 0.6 is 0 Å². The maximum atomic E-state index is 13.1. The molecule has 1 aromatic rings. The average Bonchev–Trinajstić information content (AvgIpc) is 2.38. The summed E-state index contributed by atoms with van der Waals surface area (Å²) in [4.78, 5) is 11.9. The van der Waals surface area contributed by atoms with E-state index in [4.69, 9.17) is 10.5 Å². The van der Waals surface area contributed by atoms with Gasteiger partial charge in [0, 0.05) is 32.0 Å². The second-order valence-electron chi connectivity index (χ2n) is 5.44. The fourth-order valence-electron chi connectivity index (χ4n) is 1.64. The molecular formula is C14H20F2N2O2. The van der Waals surface area contributed by atoms with E-state index in [0.717, 1.165) is 18.6 Å². The summed E-state index contributed by atoms with van der Waals surface area (Å²) in [5.41, 5.74) is 5.21. The van der Waals surface area contributed by atoms with Crippen LogP contribution in [-0.2, 0) is 4.74 Å². The van der Waals surface area contributed by atoms with Crippen molar-refractivity contribution in [2.24, 2.45) is 5.41 Å². The minimum atomic E-state index is -1.09. The number of benzene rings is 1. The highest BCUT2D eigenvalue weighted by Crippen LogP contribution is 2.20. The molecule has 0 heterocycles. The molecule has 20 heavy (non-hydrogen) atoms. The molecule has 0 radical (unpaired) electrons. The highest BCUT2D eigenvalue weighted by atomic mass is 19.2. The molecule has 112 valence electrons. The second kappa shape index (κ2) is 6.65. The van der Waals surface area contributed by atoms with E-state index >= 15 is 0 Å². The number of hydrogen-bond acceptors (Lipinski definition) is 3. The summed E-state index contributed by atoms with van der Waals surface area (Å²) in [7, 11) is 1.61. The molecule has 0 saturated heterocycles. The molecule has 0 unspecified atom stereocenters. The maximum absolute atomic E-state index is 13.1. The monoisotopic (exact) mass is 286 g/mol. The van der Waals surface area contributed by atoms with Crippen LogP contribution in [0.5, 0.6) is 0 Å². The first-order chi connectivity index (χ1) is 9.26. The van der Waals surface area contributed by atoms with E-state index in [-0.39, 0.29) is 16.7 Å². The largest absolute Gasteiger partial charge is 0.398 e. The highest BCUT2D eigenvalue weighted by molar-refractivity contribution is 5.99. The Morgan fingerprint density at radius 2 is 1.95 bits per heavy atom. The normalized spacial score (nSPS) is 11.4. The van der Waals surface area contributed by atoms with Crippen LogP contribution in [0.4, 0.5) is 14.5 Å². The van der Waals surface area contributed by atoms with Gasteiger partial charge in [0.1, 0.15) is 0 Å². The van der Waals surface area contributed by atoms with Gasteiger partial charge in [0.15, 0.2) is 11.6 Å². The van der Waals surface area contributed by atoms with E-state index in [1.165, 1.54) is 0 Å². The number of nitrogens with one attached hydrogen (secondary N) is 1. The molecule has 0 aliphatic carbocycles. The van der Waals surface area contributed by atoms with Crippen molar-refractivity contribution in [2.75, 3.05) is 26.0 Å². The van der Waals surface area contributed by atoms with Gasteiger partial charge in [0.2, 0.25) is 0 Å². The zero-order chi connectivity index (χ0) is 15.3. The summed E-state index contributed by atoms with van der Waals surface area (Å²) >= 11 is 0. The molecule has 0 aliphatic rings. The van der Waals surface area contributed by atoms with E-state index in [2.05, 4.69) is 5.32 Å². The zero-order valence-corrected chi connectivity index (χ0v) is 11.9. The van der Waals surface area contributed by atoms with Gasteiger partial charge in [-0.3, -0.25) is 4.79 Å². The molecule has 0 bridgehead atoms. The van der Waals surface area contributed by atoms with Crippen LogP contribution in [0.2, 0.25) is 0 Å². The van der Waals surface area contributed by atoms with E-state index in [1.54, 1.807) is 7.11 Å². The number of nitrogens with two attached hydrogens (primary N) is 1. The first kappa shape index (κ1) is 16.4. The topological polar surface area (TPSA) is 64.3 Å². The summed E-state index contributed by atoms with van der Waals surface area (Å²) in [6.45, 7) is 4.91. The van der Waals surface area contributed by atoms with Gasteiger partial charge >= 0.3 is 0 Å². The number of methoxy groups -OCH3 is 1. The zero-order valence-electron chi connectivity index (χ0n) is 11.9. The summed E-state index contributed by atoms with van der Waals surface area (Å²) in [6, 6.07) is 1.61. The number of hydrogen-bond donors (Lipinski definition) is 2. The predicted molar refractivity (Wildman–Crippen MR) is 73.4 cm³/mol. The van der Waals surface area contributed by atoms with Crippen LogP contribution in [0.3, 0.4) is 0 Å². The minimum absolute atomic E-state index is 0.0635. The lowest BCUT2D eigenvalue weighted by Crippen LogP contribution is -2.35. The molecule has 0 spiro atoms. The molecule has 1 aromatic carbocycles. The van der Waals surface area contributed by atoms with Crippen LogP contribution in [0.25, 0.3) is 0 Å². The minimum Gasteiger partial charge on any atom is -0.398 e. The van der Waals surface area contributed by atoms with Crippen molar-refractivity contribution in [3.8, 4) is 0 Å². The van der Waals surface area contributed by atoms with Crippen LogP contribution in [0, 0.1) is 17.0 Å². The molecule has 6 heteroatoms. The molecule has 0 aromatic heterocycles. The number of carbonyl (C=O) groups is 1. The lowest BCUT2D eigenvalue weighted by Gasteiger charge is -2.24. The third-order valence-electron chi connectivity index (χ3n) is 3.05. The van der Waals surface area contributed by atoms with Gasteiger partial charge in [-0.15, -0.1) is 0 Å². The van der Waals surface area contributed by atoms with E-state index in [1.807, 2.05) is 13.8 Å². The molecular weight excluding hydrogens is 266 g/mol. The van der Waals surface area contributed by atoms with Gasteiger partial charge < -0.3 is 15.8 Å². The van der Waals surface area contributed by atoms with Crippen LogP contribution in [-0.4, -0.2) is 26.2 Å². The molecule has 0 saturated carbocycles. The van der Waals surface area contributed by atoms with Gasteiger partial charge in [-0.1, -0.05) is 13.8 Å². The Kier molecular flexibility index (Phi) is 5.44. The summed E-state index contributed by atoms with van der Waals surface area (Å²) < 4.78 is 31.1. The number of nitrogen functional groups attached to an aromatic ring is 1. The van der Waals surface area contributed by atoms with Crippen molar-refractivity contribution >= 4 is 11.6 Å². The van der Waals surface area contributed by atoms with E-state index in [0.29, 0.717) is 13.2 Å². The smallest absolute Gasteiger partial charge is 0.253 e. The molecule has 0 atom stereocenters.